The Balaban J connectivity index is 2.75. The zero-order valence-electron chi connectivity index (χ0n) is 10.1. The van der Waals surface area contributed by atoms with E-state index in [2.05, 4.69) is 13.8 Å². The fourth-order valence-corrected chi connectivity index (χ4v) is 2.36. The minimum Gasteiger partial charge on any atom is -0.398 e. The Bertz CT molecular complexity index is 376. The van der Waals surface area contributed by atoms with E-state index in [9.17, 15) is 4.79 Å². The Labute approximate surface area is 102 Å². The molecule has 2 nitrogen and oxygen atoms in total. The van der Waals surface area contributed by atoms with Crippen LogP contribution < -0.4 is 5.73 Å². The lowest BCUT2D eigenvalue weighted by atomic mass is 10.1. The van der Waals surface area contributed by atoms with E-state index in [-0.39, 0.29) is 5.78 Å². The highest BCUT2D eigenvalue weighted by atomic mass is 32.2. The number of Topliss-reactive ketones (excluding diaryl/α,β-unsaturated/α-hetero) is 1. The molecule has 0 amide bonds. The molecule has 2 N–H and O–H groups in total. The fourth-order valence-electron chi connectivity index (χ4n) is 1.29. The maximum Gasteiger partial charge on any atom is 0.161 e. The van der Waals surface area contributed by atoms with Crippen LogP contribution in [0.4, 0.5) is 5.69 Å². The molecule has 0 aromatic heterocycles. The van der Waals surface area contributed by atoms with E-state index >= 15 is 0 Å². The number of anilines is 1. The van der Waals surface area contributed by atoms with Crippen LogP contribution in [-0.4, -0.2) is 11.5 Å². The van der Waals surface area contributed by atoms with Crippen LogP contribution in [0, 0.1) is 5.92 Å². The summed E-state index contributed by atoms with van der Waals surface area (Å²) in [4.78, 5) is 12.4. The van der Waals surface area contributed by atoms with Gasteiger partial charge in [-0.2, -0.15) is 0 Å². The summed E-state index contributed by atoms with van der Waals surface area (Å²) in [5.74, 6) is 1.81. The first-order chi connectivity index (χ1) is 7.54. The molecular formula is C13H19NOS. The second-order valence-corrected chi connectivity index (χ2v) is 5.22. The van der Waals surface area contributed by atoms with Gasteiger partial charge in [-0.3, -0.25) is 4.79 Å². The van der Waals surface area contributed by atoms with Gasteiger partial charge < -0.3 is 5.73 Å². The van der Waals surface area contributed by atoms with Crippen LogP contribution in [0.5, 0.6) is 0 Å². The summed E-state index contributed by atoms with van der Waals surface area (Å²) in [6.07, 6.45) is 1.18. The molecule has 0 saturated heterocycles. The molecule has 0 heterocycles. The zero-order valence-corrected chi connectivity index (χ0v) is 10.9. The van der Waals surface area contributed by atoms with Gasteiger partial charge in [-0.25, -0.2) is 0 Å². The molecule has 1 unspecified atom stereocenters. The lowest BCUT2D eigenvalue weighted by Gasteiger charge is -2.09. The summed E-state index contributed by atoms with van der Waals surface area (Å²) in [5, 5.41) is 0. The van der Waals surface area contributed by atoms with Crippen molar-refractivity contribution in [2.45, 2.75) is 32.1 Å². The van der Waals surface area contributed by atoms with E-state index < -0.39 is 0 Å². The van der Waals surface area contributed by atoms with Gasteiger partial charge in [0, 0.05) is 21.9 Å². The normalized spacial score (nSPS) is 12.4. The minimum absolute atomic E-state index is 0.0310. The number of thioether (sulfide) groups is 1. The average Bonchev–Trinajstić information content (AvgIpc) is 2.27. The number of rotatable bonds is 5. The number of benzene rings is 1. The number of carbonyl (C=O) groups is 1. The van der Waals surface area contributed by atoms with Gasteiger partial charge in [0.25, 0.3) is 0 Å². The third kappa shape index (κ3) is 3.56. The number of ketones is 1. The SMILES string of the molecule is CCC(C)CSc1ccc(N)c(C(C)=O)c1. The Kier molecular flexibility index (Phi) is 4.87. The number of nitrogens with two attached hydrogens (primary N) is 1. The predicted molar refractivity (Wildman–Crippen MR) is 71.0 cm³/mol. The van der Waals surface area contributed by atoms with E-state index in [1.54, 1.807) is 18.7 Å². The summed E-state index contributed by atoms with van der Waals surface area (Å²) in [7, 11) is 0. The second-order valence-electron chi connectivity index (χ2n) is 4.13. The summed E-state index contributed by atoms with van der Waals surface area (Å²) in [6.45, 7) is 5.97. The summed E-state index contributed by atoms with van der Waals surface area (Å²) < 4.78 is 0. The maximum atomic E-state index is 11.3. The monoisotopic (exact) mass is 237 g/mol. The first-order valence-electron chi connectivity index (χ1n) is 5.57. The number of hydrogen-bond donors (Lipinski definition) is 1. The molecule has 0 spiro atoms. The van der Waals surface area contributed by atoms with E-state index in [0.717, 1.165) is 10.6 Å². The number of carbonyl (C=O) groups excluding carboxylic acids is 1. The minimum atomic E-state index is 0.0310. The Morgan fingerprint density at radius 1 is 1.50 bits per heavy atom. The molecule has 0 saturated carbocycles. The van der Waals surface area contributed by atoms with Gasteiger partial charge in [0.2, 0.25) is 0 Å². The average molecular weight is 237 g/mol. The van der Waals surface area contributed by atoms with Crippen molar-refractivity contribution in [3.05, 3.63) is 23.8 Å². The van der Waals surface area contributed by atoms with Crippen molar-refractivity contribution in [1.29, 1.82) is 0 Å². The van der Waals surface area contributed by atoms with Crippen molar-refractivity contribution in [3.8, 4) is 0 Å². The lowest BCUT2D eigenvalue weighted by Crippen LogP contribution is -2.00. The molecule has 88 valence electrons. The van der Waals surface area contributed by atoms with Gasteiger partial charge in [-0.05, 0) is 31.0 Å². The molecule has 3 heteroatoms. The van der Waals surface area contributed by atoms with Crippen LogP contribution in [0.2, 0.25) is 0 Å². The first-order valence-corrected chi connectivity index (χ1v) is 6.56. The summed E-state index contributed by atoms with van der Waals surface area (Å²) in [6, 6.07) is 5.69. The van der Waals surface area contributed by atoms with Crippen LogP contribution in [0.3, 0.4) is 0 Å². The maximum absolute atomic E-state index is 11.3. The van der Waals surface area contributed by atoms with Gasteiger partial charge in [-0.15, -0.1) is 11.8 Å². The molecule has 0 aliphatic carbocycles. The van der Waals surface area contributed by atoms with E-state index in [4.69, 9.17) is 5.73 Å². The Morgan fingerprint density at radius 2 is 2.19 bits per heavy atom. The second kappa shape index (κ2) is 5.94. The molecule has 1 rings (SSSR count). The van der Waals surface area contributed by atoms with Crippen molar-refractivity contribution in [1.82, 2.24) is 0 Å². The lowest BCUT2D eigenvalue weighted by molar-refractivity contribution is 0.101. The molecule has 1 aromatic carbocycles. The Hall–Kier alpha value is -0.960. The largest absolute Gasteiger partial charge is 0.398 e. The van der Waals surface area contributed by atoms with Crippen LogP contribution in [0.15, 0.2) is 23.1 Å². The smallest absolute Gasteiger partial charge is 0.161 e. The van der Waals surface area contributed by atoms with Crippen molar-refractivity contribution in [2.24, 2.45) is 5.92 Å². The third-order valence-corrected chi connectivity index (χ3v) is 3.96. The van der Waals surface area contributed by atoms with Crippen molar-refractivity contribution in [3.63, 3.8) is 0 Å². The van der Waals surface area contributed by atoms with Gasteiger partial charge in [0.15, 0.2) is 5.78 Å². The molecule has 0 radical (unpaired) electrons. The molecule has 1 atom stereocenters. The van der Waals surface area contributed by atoms with E-state index in [0.29, 0.717) is 17.2 Å². The quantitative estimate of drug-likeness (QED) is 0.483. The fraction of sp³-hybridized carbons (Fsp3) is 0.462. The van der Waals surface area contributed by atoms with Crippen LogP contribution in [0.25, 0.3) is 0 Å². The topological polar surface area (TPSA) is 43.1 Å². The van der Waals surface area contributed by atoms with E-state index in [1.165, 1.54) is 6.42 Å². The van der Waals surface area contributed by atoms with Crippen LogP contribution >= 0.6 is 11.8 Å². The van der Waals surface area contributed by atoms with Crippen molar-refractivity contribution in [2.75, 3.05) is 11.5 Å². The standard InChI is InChI=1S/C13H19NOS/c1-4-9(2)8-16-11-5-6-13(14)12(7-11)10(3)15/h5-7,9H,4,8,14H2,1-3H3. The molecule has 0 aliphatic heterocycles. The molecule has 1 aromatic rings. The predicted octanol–water partition coefficient (Wildman–Crippen LogP) is 3.61. The van der Waals surface area contributed by atoms with E-state index in [1.807, 2.05) is 18.2 Å². The van der Waals surface area contributed by atoms with Crippen LogP contribution in [0.1, 0.15) is 37.6 Å². The molecule has 0 bridgehead atoms. The van der Waals surface area contributed by atoms with Gasteiger partial charge in [0.1, 0.15) is 0 Å². The number of hydrogen-bond acceptors (Lipinski definition) is 3. The number of nitrogen functional groups attached to an aromatic ring is 1. The van der Waals surface area contributed by atoms with Gasteiger partial charge in [-0.1, -0.05) is 20.3 Å². The third-order valence-electron chi connectivity index (χ3n) is 2.64. The summed E-state index contributed by atoms with van der Waals surface area (Å²) in [5.41, 5.74) is 6.95. The summed E-state index contributed by atoms with van der Waals surface area (Å²) >= 11 is 1.79. The highest BCUT2D eigenvalue weighted by molar-refractivity contribution is 7.99. The van der Waals surface area contributed by atoms with Crippen LogP contribution in [-0.2, 0) is 0 Å². The van der Waals surface area contributed by atoms with Gasteiger partial charge in [0.05, 0.1) is 0 Å². The molecule has 0 fully saturated rings. The molecule has 16 heavy (non-hydrogen) atoms. The highest BCUT2D eigenvalue weighted by Crippen LogP contribution is 2.25. The molecular weight excluding hydrogens is 218 g/mol. The Morgan fingerprint density at radius 3 is 2.75 bits per heavy atom. The van der Waals surface area contributed by atoms with Crippen molar-refractivity contribution >= 4 is 23.2 Å². The zero-order chi connectivity index (χ0) is 12.1. The van der Waals surface area contributed by atoms with Crippen molar-refractivity contribution < 1.29 is 4.79 Å². The van der Waals surface area contributed by atoms with Gasteiger partial charge >= 0.3 is 0 Å². The highest BCUT2D eigenvalue weighted by Gasteiger charge is 2.07. The molecule has 0 aliphatic rings. The first kappa shape index (κ1) is 13.1.